The molecule has 9 nitrogen and oxygen atoms in total. The summed E-state index contributed by atoms with van der Waals surface area (Å²) in [6, 6.07) is 4.20. The lowest BCUT2D eigenvalue weighted by atomic mass is 9.47. The number of carbonyl (C=O) groups excluding carboxylic acids is 2. The number of likely N-dealkylation sites (tertiary alicyclic amines) is 1. The van der Waals surface area contributed by atoms with Crippen molar-refractivity contribution in [3.8, 4) is 10.4 Å². The van der Waals surface area contributed by atoms with Gasteiger partial charge < -0.3 is 15.3 Å². The van der Waals surface area contributed by atoms with Crippen LogP contribution in [0.2, 0.25) is 5.02 Å². The number of hydrogen-bond donors (Lipinski definition) is 2. The second-order valence-electron chi connectivity index (χ2n) is 14.7. The van der Waals surface area contributed by atoms with Gasteiger partial charge in [0.1, 0.15) is 12.1 Å². The van der Waals surface area contributed by atoms with Crippen molar-refractivity contribution in [2.45, 2.75) is 102 Å². The number of β-amino-alcohol motifs (C(OH)–C–C–N with tert-alkyl or cyclic N) is 1. The van der Waals surface area contributed by atoms with Crippen LogP contribution in [-0.2, 0) is 9.59 Å². The molecule has 9 rings (SSSR count). The number of nitrogens with one attached hydrogen (secondary N) is 1. The average molecular weight is 649 g/mol. The Morgan fingerprint density at radius 2 is 1.82 bits per heavy atom. The van der Waals surface area contributed by atoms with Gasteiger partial charge in [-0.1, -0.05) is 28.9 Å². The predicted molar refractivity (Wildman–Crippen MR) is 172 cm³/mol. The maximum Gasteiger partial charge on any atom is 0.248 e. The van der Waals surface area contributed by atoms with Crippen molar-refractivity contribution < 1.29 is 14.7 Å². The Labute approximate surface area is 272 Å². The molecule has 0 spiro atoms. The second-order valence-corrected chi connectivity index (χ2v) is 16.0. The molecule has 1 saturated heterocycles. The number of carbonyl (C=O) groups is 2. The predicted octanol–water partition coefficient (Wildman–Crippen LogP) is 5.84. The molecule has 45 heavy (non-hydrogen) atoms. The lowest BCUT2D eigenvalue weighted by Gasteiger charge is -2.59. The van der Waals surface area contributed by atoms with Gasteiger partial charge in [-0.15, -0.1) is 16.4 Å². The number of aromatic nitrogens is 4. The third-order valence-electron chi connectivity index (χ3n) is 11.4. The molecule has 4 bridgehead atoms. The van der Waals surface area contributed by atoms with Gasteiger partial charge in [0, 0.05) is 35.5 Å². The van der Waals surface area contributed by atoms with E-state index in [1.54, 1.807) is 16.2 Å². The van der Waals surface area contributed by atoms with E-state index in [4.69, 9.17) is 11.6 Å². The molecule has 5 saturated carbocycles. The summed E-state index contributed by atoms with van der Waals surface area (Å²) in [6.45, 7) is 4.02. The highest BCUT2D eigenvalue weighted by atomic mass is 35.5. The highest BCUT2D eigenvalue weighted by Crippen LogP contribution is 2.64. The Bertz CT molecular complexity index is 1600. The first-order valence-electron chi connectivity index (χ1n) is 16.6. The third kappa shape index (κ3) is 5.30. The number of amides is 2. The number of benzene rings is 1. The van der Waals surface area contributed by atoms with E-state index in [0.717, 1.165) is 59.5 Å². The summed E-state index contributed by atoms with van der Waals surface area (Å²) < 4.78 is 1.84. The van der Waals surface area contributed by atoms with Crippen LogP contribution in [-0.4, -0.2) is 60.5 Å². The molecular weight excluding hydrogens is 608 g/mol. The maximum atomic E-state index is 14.8. The summed E-state index contributed by atoms with van der Waals surface area (Å²) in [4.78, 5) is 35.8. The number of aliphatic hydroxyl groups is 1. The van der Waals surface area contributed by atoms with E-state index in [2.05, 4.69) is 20.6 Å². The molecule has 5 aliphatic carbocycles. The monoisotopic (exact) mass is 648 g/mol. The smallest absolute Gasteiger partial charge is 0.248 e. The van der Waals surface area contributed by atoms with Crippen molar-refractivity contribution in [2.75, 3.05) is 6.54 Å². The summed E-state index contributed by atoms with van der Waals surface area (Å²) in [5.41, 5.74) is 5.35. The quantitative estimate of drug-likeness (QED) is 0.318. The van der Waals surface area contributed by atoms with Gasteiger partial charge in [0.25, 0.3) is 0 Å². The fourth-order valence-corrected chi connectivity index (χ4v) is 10.7. The molecule has 11 heteroatoms. The SMILES string of the molecule is Cc1ncsc1-c1ccc(C(C)NC(=O)C2CC(O)CN2C(=O)C(n2cc(C3CC3)nn2)C23CC4CC(CC(C4)C2)C3)c(Cl)c1. The van der Waals surface area contributed by atoms with Crippen LogP contribution in [0.3, 0.4) is 0 Å². The Morgan fingerprint density at radius 1 is 1.11 bits per heavy atom. The lowest BCUT2D eigenvalue weighted by Crippen LogP contribution is -2.56. The van der Waals surface area contributed by atoms with Gasteiger partial charge >= 0.3 is 0 Å². The molecule has 3 aromatic rings. The minimum absolute atomic E-state index is 0.101. The van der Waals surface area contributed by atoms with Crippen LogP contribution in [0.15, 0.2) is 29.9 Å². The molecule has 6 aliphatic rings. The van der Waals surface area contributed by atoms with E-state index >= 15 is 0 Å². The molecule has 2 N–H and O–H groups in total. The van der Waals surface area contributed by atoms with Gasteiger partial charge in [-0.2, -0.15) is 0 Å². The van der Waals surface area contributed by atoms with Gasteiger partial charge in [0.05, 0.1) is 33.9 Å². The second kappa shape index (κ2) is 11.2. The Kier molecular flexibility index (Phi) is 7.33. The zero-order valence-corrected chi connectivity index (χ0v) is 27.4. The molecule has 238 valence electrons. The molecule has 6 fully saturated rings. The van der Waals surface area contributed by atoms with Gasteiger partial charge in [-0.05, 0) is 100 Å². The van der Waals surface area contributed by atoms with E-state index in [1.165, 1.54) is 19.3 Å². The van der Waals surface area contributed by atoms with Crippen molar-refractivity contribution in [1.29, 1.82) is 0 Å². The number of hydrogen-bond acceptors (Lipinski definition) is 7. The lowest BCUT2D eigenvalue weighted by molar-refractivity contribution is -0.154. The fraction of sp³-hybridized carbons (Fsp3) is 0.618. The topological polar surface area (TPSA) is 113 Å². The van der Waals surface area contributed by atoms with Gasteiger partial charge in [-0.25, -0.2) is 9.67 Å². The summed E-state index contributed by atoms with van der Waals surface area (Å²) in [5, 5.41) is 23.6. The standard InChI is InChI=1S/C34H41ClN6O3S/c1-18(26-6-5-24(10-27(26)35)30-19(2)36-17-45-30)37-32(43)29-11-25(42)15-40(29)33(44)31(41-16-28(38-39-41)23-3-4-23)34-12-20-7-21(13-34)9-22(8-20)14-34/h5-6,10,16-18,20-23,25,29,31,42H,3-4,7-9,11-15H2,1-2H3,(H,37,43). The minimum atomic E-state index is -0.768. The zero-order chi connectivity index (χ0) is 31.0. The van der Waals surface area contributed by atoms with Crippen LogP contribution < -0.4 is 5.32 Å². The average Bonchev–Trinajstić information content (AvgIpc) is 3.35. The van der Waals surface area contributed by atoms with E-state index in [0.29, 0.717) is 28.7 Å². The highest BCUT2D eigenvalue weighted by molar-refractivity contribution is 7.13. The van der Waals surface area contributed by atoms with Gasteiger partial charge in [0.2, 0.25) is 11.8 Å². The van der Waals surface area contributed by atoms with E-state index in [-0.39, 0.29) is 36.2 Å². The first-order valence-corrected chi connectivity index (χ1v) is 17.8. The summed E-state index contributed by atoms with van der Waals surface area (Å²) >= 11 is 8.31. The maximum absolute atomic E-state index is 14.8. The summed E-state index contributed by atoms with van der Waals surface area (Å²) in [6.07, 6.45) is 10.5. The fourth-order valence-electron chi connectivity index (χ4n) is 9.60. The van der Waals surface area contributed by atoms with Crippen LogP contribution in [0, 0.1) is 30.1 Å². The van der Waals surface area contributed by atoms with Crippen LogP contribution in [0.1, 0.15) is 99.7 Å². The molecule has 2 aromatic heterocycles. The van der Waals surface area contributed by atoms with Crippen LogP contribution >= 0.6 is 22.9 Å². The summed E-state index contributed by atoms with van der Waals surface area (Å²) in [7, 11) is 0. The van der Waals surface area contributed by atoms with E-state index < -0.39 is 18.2 Å². The Morgan fingerprint density at radius 3 is 2.44 bits per heavy atom. The first-order chi connectivity index (χ1) is 21.7. The number of aliphatic hydroxyl groups excluding tert-OH is 1. The van der Waals surface area contributed by atoms with Gasteiger partial charge in [0.15, 0.2) is 0 Å². The molecule has 1 aromatic carbocycles. The number of thiazole rings is 1. The van der Waals surface area contributed by atoms with E-state index in [9.17, 15) is 14.7 Å². The summed E-state index contributed by atoms with van der Waals surface area (Å²) in [5.74, 6) is 2.02. The van der Waals surface area contributed by atoms with Crippen LogP contribution in [0.5, 0.6) is 0 Å². The van der Waals surface area contributed by atoms with Crippen molar-refractivity contribution in [3.63, 3.8) is 0 Å². The van der Waals surface area contributed by atoms with E-state index in [1.807, 2.05) is 48.4 Å². The number of nitrogens with zero attached hydrogens (tertiary/aromatic N) is 5. The Hall–Kier alpha value is -2.82. The molecular formula is C34H41ClN6O3S. The van der Waals surface area contributed by atoms with Crippen LogP contribution in [0.4, 0.5) is 0 Å². The van der Waals surface area contributed by atoms with Crippen LogP contribution in [0.25, 0.3) is 10.4 Å². The number of aryl methyl sites for hydroxylation is 1. The largest absolute Gasteiger partial charge is 0.391 e. The molecule has 4 atom stereocenters. The van der Waals surface area contributed by atoms with Crippen molar-refractivity contribution >= 4 is 34.8 Å². The first kappa shape index (κ1) is 29.6. The molecule has 0 radical (unpaired) electrons. The minimum Gasteiger partial charge on any atom is -0.391 e. The molecule has 2 amide bonds. The Balaban J connectivity index is 1.05. The number of halogens is 1. The van der Waals surface area contributed by atoms with Gasteiger partial charge in [-0.3, -0.25) is 9.59 Å². The molecule has 1 aliphatic heterocycles. The van der Waals surface area contributed by atoms with Crippen molar-refractivity contribution in [2.24, 2.45) is 23.2 Å². The van der Waals surface area contributed by atoms with Crippen molar-refractivity contribution in [1.82, 2.24) is 30.2 Å². The zero-order valence-electron chi connectivity index (χ0n) is 25.9. The highest BCUT2D eigenvalue weighted by Gasteiger charge is 2.58. The molecule has 3 heterocycles. The van der Waals surface area contributed by atoms with Crippen molar-refractivity contribution in [3.05, 3.63) is 51.9 Å². The number of rotatable bonds is 8. The third-order valence-corrected chi connectivity index (χ3v) is 12.7. The molecule has 4 unspecified atom stereocenters. The normalized spacial score (nSPS) is 31.7.